The van der Waals surface area contributed by atoms with E-state index in [1.54, 1.807) is 13.1 Å². The minimum absolute atomic E-state index is 0.0494. The van der Waals surface area contributed by atoms with Gasteiger partial charge in [0.15, 0.2) is 0 Å². The van der Waals surface area contributed by atoms with E-state index >= 15 is 0 Å². The molecule has 0 aliphatic heterocycles. The summed E-state index contributed by atoms with van der Waals surface area (Å²) in [6.45, 7) is -0.0494. The van der Waals surface area contributed by atoms with Gasteiger partial charge < -0.3 is 9.30 Å². The van der Waals surface area contributed by atoms with E-state index in [9.17, 15) is 17.6 Å². The molecule has 30 heavy (non-hydrogen) atoms. The Hall–Kier alpha value is -2.49. The summed E-state index contributed by atoms with van der Waals surface area (Å²) in [6, 6.07) is 8.62. The van der Waals surface area contributed by atoms with E-state index in [0.29, 0.717) is 23.3 Å². The van der Waals surface area contributed by atoms with Crippen molar-refractivity contribution in [3.8, 4) is 0 Å². The third-order valence-corrected chi connectivity index (χ3v) is 6.84. The molecule has 0 N–H and O–H groups in total. The van der Waals surface area contributed by atoms with Crippen molar-refractivity contribution in [2.45, 2.75) is 24.3 Å². The van der Waals surface area contributed by atoms with Crippen molar-refractivity contribution in [1.82, 2.24) is 13.9 Å². The van der Waals surface area contributed by atoms with Crippen molar-refractivity contribution in [3.63, 3.8) is 0 Å². The zero-order chi connectivity index (χ0) is 22.1. The maximum absolute atomic E-state index is 13.1. The molecule has 3 aromatic rings. The number of ether oxygens (including phenoxy) is 1. The fourth-order valence-electron chi connectivity index (χ4n) is 2.91. The Morgan fingerprint density at radius 1 is 1.23 bits per heavy atom. The van der Waals surface area contributed by atoms with Crippen molar-refractivity contribution in [3.05, 3.63) is 58.6 Å². The number of aryl methyl sites for hydroxylation is 2. The molecule has 0 spiro atoms. The number of benzene rings is 2. The highest BCUT2D eigenvalue weighted by atomic mass is 35.5. The SMILES string of the molecule is CN(C)S(=O)(=O)c1ccc2c(c1)nc(CCC(=O)OCc1ccc(F)cc1Cl)n2C. The van der Waals surface area contributed by atoms with Crippen molar-refractivity contribution in [2.24, 2.45) is 7.05 Å². The lowest BCUT2D eigenvalue weighted by Crippen LogP contribution is -2.22. The normalized spacial score (nSPS) is 11.9. The molecule has 0 fully saturated rings. The molecule has 3 rings (SSSR count). The molecule has 0 aliphatic carbocycles. The Labute approximate surface area is 179 Å². The molecule has 0 saturated carbocycles. The maximum atomic E-state index is 13.1. The smallest absolute Gasteiger partial charge is 0.306 e. The number of aromatic nitrogens is 2. The average Bonchev–Trinajstić information content (AvgIpc) is 3.00. The number of hydrogen-bond donors (Lipinski definition) is 0. The largest absolute Gasteiger partial charge is 0.461 e. The number of fused-ring (bicyclic) bond motifs is 1. The van der Waals surface area contributed by atoms with Crippen LogP contribution < -0.4 is 0 Å². The predicted molar refractivity (Wildman–Crippen MR) is 111 cm³/mol. The van der Waals surface area contributed by atoms with E-state index in [1.165, 1.54) is 38.4 Å². The second-order valence-corrected chi connectivity index (χ2v) is 9.48. The molecule has 1 heterocycles. The predicted octanol–water partition coefficient (Wildman–Crippen LogP) is 3.29. The van der Waals surface area contributed by atoms with Gasteiger partial charge >= 0.3 is 5.97 Å². The molecular formula is C20H21ClFN3O4S. The number of imidazole rings is 1. The summed E-state index contributed by atoms with van der Waals surface area (Å²) in [6.07, 6.45) is 0.399. The summed E-state index contributed by atoms with van der Waals surface area (Å²) >= 11 is 5.93. The summed E-state index contributed by atoms with van der Waals surface area (Å²) in [5.41, 5.74) is 1.81. The molecule has 160 valence electrons. The Balaban J connectivity index is 1.68. The zero-order valence-corrected chi connectivity index (χ0v) is 18.3. The van der Waals surface area contributed by atoms with Crippen LogP contribution in [0.1, 0.15) is 17.8 Å². The minimum Gasteiger partial charge on any atom is -0.461 e. The van der Waals surface area contributed by atoms with Gasteiger partial charge in [0.1, 0.15) is 18.2 Å². The lowest BCUT2D eigenvalue weighted by atomic mass is 10.2. The van der Waals surface area contributed by atoms with Crippen LogP contribution in [-0.2, 0) is 39.6 Å². The van der Waals surface area contributed by atoms with Crippen molar-refractivity contribution >= 4 is 38.6 Å². The molecule has 0 saturated heterocycles. The van der Waals surface area contributed by atoms with Crippen LogP contribution in [0.15, 0.2) is 41.3 Å². The Morgan fingerprint density at radius 2 is 1.97 bits per heavy atom. The third-order valence-electron chi connectivity index (χ3n) is 4.68. The highest BCUT2D eigenvalue weighted by molar-refractivity contribution is 7.89. The van der Waals surface area contributed by atoms with Gasteiger partial charge in [-0.1, -0.05) is 17.7 Å². The number of nitrogens with zero attached hydrogens (tertiary/aromatic N) is 3. The van der Waals surface area contributed by atoms with Crippen LogP contribution in [0.5, 0.6) is 0 Å². The number of halogens is 2. The van der Waals surface area contributed by atoms with E-state index in [2.05, 4.69) is 4.98 Å². The van der Waals surface area contributed by atoms with E-state index in [0.717, 1.165) is 15.9 Å². The molecule has 2 aromatic carbocycles. The van der Waals surface area contributed by atoms with E-state index in [-0.39, 0.29) is 22.9 Å². The second-order valence-electron chi connectivity index (χ2n) is 6.92. The van der Waals surface area contributed by atoms with Crippen molar-refractivity contribution < 1.29 is 22.3 Å². The Bertz CT molecular complexity index is 1210. The monoisotopic (exact) mass is 453 g/mol. The average molecular weight is 454 g/mol. The number of hydrogen-bond acceptors (Lipinski definition) is 5. The molecule has 0 unspecified atom stereocenters. The summed E-state index contributed by atoms with van der Waals surface area (Å²) in [7, 11) is 1.17. The molecule has 0 atom stereocenters. The lowest BCUT2D eigenvalue weighted by Gasteiger charge is -2.10. The summed E-state index contributed by atoms with van der Waals surface area (Å²) < 4.78 is 45.9. The summed E-state index contributed by atoms with van der Waals surface area (Å²) in [5.74, 6) is -0.280. The van der Waals surface area contributed by atoms with Gasteiger partial charge in [-0.2, -0.15) is 0 Å². The topological polar surface area (TPSA) is 81.5 Å². The quantitative estimate of drug-likeness (QED) is 0.513. The van der Waals surface area contributed by atoms with Crippen LogP contribution in [-0.4, -0.2) is 42.3 Å². The zero-order valence-electron chi connectivity index (χ0n) is 16.7. The van der Waals surface area contributed by atoms with Crippen molar-refractivity contribution in [1.29, 1.82) is 0 Å². The van der Waals surface area contributed by atoms with Crippen LogP contribution >= 0.6 is 11.6 Å². The molecule has 7 nitrogen and oxygen atoms in total. The first-order valence-corrected chi connectivity index (χ1v) is 10.9. The number of rotatable bonds is 7. The van der Waals surface area contributed by atoms with E-state index in [1.807, 2.05) is 4.57 Å². The fraction of sp³-hybridized carbons (Fsp3) is 0.300. The standard InChI is InChI=1S/C20H21ClFN3O4S/c1-24(2)30(27,28)15-6-7-18-17(11-15)23-19(25(18)3)8-9-20(26)29-12-13-4-5-14(22)10-16(13)21/h4-7,10-11H,8-9,12H2,1-3H3. The molecule has 1 aromatic heterocycles. The van der Waals surface area contributed by atoms with Crippen LogP contribution in [0.3, 0.4) is 0 Å². The third kappa shape index (κ3) is 4.63. The fourth-order valence-corrected chi connectivity index (χ4v) is 4.05. The first-order valence-electron chi connectivity index (χ1n) is 9.07. The number of carbonyl (C=O) groups excluding carboxylic acids is 1. The van der Waals surface area contributed by atoms with Crippen LogP contribution in [0.2, 0.25) is 5.02 Å². The van der Waals surface area contributed by atoms with Gasteiger partial charge in [-0.15, -0.1) is 0 Å². The van der Waals surface area contributed by atoms with Crippen LogP contribution in [0.25, 0.3) is 11.0 Å². The molecular weight excluding hydrogens is 433 g/mol. The molecule has 0 amide bonds. The summed E-state index contributed by atoms with van der Waals surface area (Å²) in [4.78, 5) is 16.7. The number of sulfonamides is 1. The van der Waals surface area contributed by atoms with E-state index < -0.39 is 21.8 Å². The first kappa shape index (κ1) is 22.2. The second kappa shape index (κ2) is 8.71. The van der Waals surface area contributed by atoms with Gasteiger partial charge in [-0.05, 0) is 30.3 Å². The highest BCUT2D eigenvalue weighted by Gasteiger charge is 2.19. The van der Waals surface area contributed by atoms with Crippen LogP contribution in [0, 0.1) is 5.82 Å². The summed E-state index contributed by atoms with van der Waals surface area (Å²) in [5, 5.41) is 0.196. The number of carbonyl (C=O) groups is 1. The van der Waals surface area contributed by atoms with Crippen LogP contribution in [0.4, 0.5) is 4.39 Å². The first-order chi connectivity index (χ1) is 14.1. The van der Waals surface area contributed by atoms with Gasteiger partial charge in [-0.25, -0.2) is 22.1 Å². The maximum Gasteiger partial charge on any atom is 0.306 e. The minimum atomic E-state index is -3.56. The molecule has 10 heteroatoms. The Kier molecular flexibility index (Phi) is 6.44. The van der Waals surface area contributed by atoms with Gasteiger partial charge in [0.2, 0.25) is 10.0 Å². The number of esters is 1. The molecule has 0 aliphatic rings. The van der Waals surface area contributed by atoms with Gasteiger partial charge in [0.25, 0.3) is 0 Å². The molecule has 0 radical (unpaired) electrons. The van der Waals surface area contributed by atoms with Crippen molar-refractivity contribution in [2.75, 3.05) is 14.1 Å². The Morgan fingerprint density at radius 3 is 2.63 bits per heavy atom. The highest BCUT2D eigenvalue weighted by Crippen LogP contribution is 2.22. The van der Waals surface area contributed by atoms with E-state index in [4.69, 9.17) is 16.3 Å². The lowest BCUT2D eigenvalue weighted by molar-refractivity contribution is -0.144. The van der Waals surface area contributed by atoms with Gasteiger partial charge in [0.05, 0.1) is 27.4 Å². The van der Waals surface area contributed by atoms with Gasteiger partial charge in [0, 0.05) is 33.1 Å². The van der Waals surface area contributed by atoms with Gasteiger partial charge in [-0.3, -0.25) is 4.79 Å². The molecule has 0 bridgehead atoms.